The van der Waals surface area contributed by atoms with E-state index in [4.69, 9.17) is 9.47 Å². The number of carbonyl (C=O) groups is 4. The average molecular weight is 488 g/mol. The van der Waals surface area contributed by atoms with Crippen molar-refractivity contribution in [2.75, 3.05) is 18.1 Å². The van der Waals surface area contributed by atoms with E-state index in [1.165, 1.54) is 53.4 Å². The van der Waals surface area contributed by atoms with Gasteiger partial charge >= 0.3 is 11.9 Å². The zero-order valence-electron chi connectivity index (χ0n) is 18.9. The Bertz CT molecular complexity index is 1300. The van der Waals surface area contributed by atoms with Crippen molar-refractivity contribution >= 4 is 35.0 Å². The summed E-state index contributed by atoms with van der Waals surface area (Å²) in [6.07, 6.45) is 0.0107. The van der Waals surface area contributed by atoms with E-state index in [1.807, 2.05) is 6.07 Å². The molecule has 4 rings (SSSR count). The highest BCUT2D eigenvalue weighted by atomic mass is 16.6. The van der Waals surface area contributed by atoms with Gasteiger partial charge in [-0.15, -0.1) is 0 Å². The number of anilines is 1. The molecule has 1 atom stereocenters. The monoisotopic (exact) mass is 488 g/mol. The van der Waals surface area contributed by atoms with Gasteiger partial charge in [0.25, 0.3) is 5.69 Å². The second kappa shape index (κ2) is 10.6. The van der Waals surface area contributed by atoms with Gasteiger partial charge in [0.2, 0.25) is 5.91 Å². The number of esters is 2. The zero-order valence-corrected chi connectivity index (χ0v) is 18.9. The van der Waals surface area contributed by atoms with Gasteiger partial charge in [-0.3, -0.25) is 24.5 Å². The molecular weight excluding hydrogens is 468 g/mol. The standard InChI is InChI=1S/C26H20N2O8/c29-23(16-35-25(31)19-14-24(30)27(15-19)20-4-2-1-3-5-20)17-8-12-22(13-9-17)36-26(32)18-6-10-21(11-7-18)28(33)34/h1-13,19H,14-16H2/t19-/m0/s1. The van der Waals surface area contributed by atoms with E-state index in [2.05, 4.69) is 0 Å². The number of ether oxygens (including phenoxy) is 2. The molecule has 1 fully saturated rings. The zero-order chi connectivity index (χ0) is 25.7. The number of nitro groups is 1. The van der Waals surface area contributed by atoms with E-state index in [-0.39, 0.29) is 41.4 Å². The Morgan fingerprint density at radius 2 is 1.56 bits per heavy atom. The van der Waals surface area contributed by atoms with Gasteiger partial charge in [-0.05, 0) is 48.5 Å². The first-order chi connectivity index (χ1) is 17.3. The van der Waals surface area contributed by atoms with Crippen LogP contribution in [0.25, 0.3) is 0 Å². The number of carbonyl (C=O) groups excluding carboxylic acids is 4. The SMILES string of the molecule is O=C(COC(=O)[C@H]1CC(=O)N(c2ccccc2)C1)c1ccc(OC(=O)c2ccc([N+](=O)[O-])cc2)cc1. The lowest BCUT2D eigenvalue weighted by molar-refractivity contribution is -0.384. The maximum absolute atomic E-state index is 12.4. The highest BCUT2D eigenvalue weighted by Gasteiger charge is 2.36. The van der Waals surface area contributed by atoms with Crippen LogP contribution in [0.4, 0.5) is 11.4 Å². The van der Waals surface area contributed by atoms with Crippen molar-refractivity contribution in [1.29, 1.82) is 0 Å². The van der Waals surface area contributed by atoms with Crippen LogP contribution in [0.5, 0.6) is 5.75 Å². The van der Waals surface area contributed by atoms with Crippen LogP contribution in [0.15, 0.2) is 78.9 Å². The number of Topliss-reactive ketones (excluding diaryl/α,β-unsaturated/α-hetero) is 1. The van der Waals surface area contributed by atoms with Crippen molar-refractivity contribution in [3.63, 3.8) is 0 Å². The van der Waals surface area contributed by atoms with Gasteiger partial charge in [-0.2, -0.15) is 0 Å². The molecule has 0 radical (unpaired) electrons. The Hall–Kier alpha value is -4.86. The Kier molecular flexibility index (Phi) is 7.15. The minimum Gasteiger partial charge on any atom is -0.457 e. The predicted molar refractivity (Wildman–Crippen MR) is 127 cm³/mol. The molecule has 3 aromatic carbocycles. The molecule has 3 aromatic rings. The molecule has 1 saturated heterocycles. The van der Waals surface area contributed by atoms with E-state index < -0.39 is 35.2 Å². The summed E-state index contributed by atoms with van der Waals surface area (Å²) in [5, 5.41) is 10.7. The highest BCUT2D eigenvalue weighted by molar-refractivity contribution is 6.01. The smallest absolute Gasteiger partial charge is 0.343 e. The molecule has 0 aromatic heterocycles. The maximum atomic E-state index is 12.4. The normalized spacial score (nSPS) is 14.8. The van der Waals surface area contributed by atoms with Crippen LogP contribution >= 0.6 is 0 Å². The Labute approximate surface area is 205 Å². The quantitative estimate of drug-likeness (QED) is 0.154. The average Bonchev–Trinajstić information content (AvgIpc) is 3.29. The summed E-state index contributed by atoms with van der Waals surface area (Å²) >= 11 is 0. The third kappa shape index (κ3) is 5.61. The van der Waals surface area contributed by atoms with E-state index in [1.54, 1.807) is 24.3 Å². The fourth-order valence-corrected chi connectivity index (χ4v) is 3.65. The molecular formula is C26H20N2O8. The lowest BCUT2D eigenvalue weighted by atomic mass is 10.1. The van der Waals surface area contributed by atoms with Crippen LogP contribution in [-0.4, -0.2) is 41.7 Å². The molecule has 1 aliphatic rings. The van der Waals surface area contributed by atoms with Gasteiger partial charge in [-0.25, -0.2) is 4.79 Å². The summed E-state index contributed by atoms with van der Waals surface area (Å²) in [7, 11) is 0. The summed E-state index contributed by atoms with van der Waals surface area (Å²) in [5.74, 6) is -2.48. The number of rotatable bonds is 8. The molecule has 182 valence electrons. The van der Waals surface area contributed by atoms with Crippen LogP contribution in [0.2, 0.25) is 0 Å². The second-order valence-electron chi connectivity index (χ2n) is 7.99. The van der Waals surface area contributed by atoms with Crippen molar-refractivity contribution in [3.05, 3.63) is 100 Å². The van der Waals surface area contributed by atoms with Gasteiger partial charge in [0.1, 0.15) is 5.75 Å². The molecule has 1 heterocycles. The maximum Gasteiger partial charge on any atom is 0.343 e. The minimum atomic E-state index is -0.714. The van der Waals surface area contributed by atoms with Gasteiger partial charge in [0, 0.05) is 36.3 Å². The summed E-state index contributed by atoms with van der Waals surface area (Å²) in [6.45, 7) is -0.304. The van der Waals surface area contributed by atoms with Crippen LogP contribution < -0.4 is 9.64 Å². The number of benzene rings is 3. The number of para-hydroxylation sites is 1. The molecule has 0 N–H and O–H groups in total. The van der Waals surface area contributed by atoms with Crippen LogP contribution in [0, 0.1) is 16.0 Å². The Morgan fingerprint density at radius 1 is 0.917 bits per heavy atom. The lowest BCUT2D eigenvalue weighted by Crippen LogP contribution is -2.27. The first-order valence-corrected chi connectivity index (χ1v) is 10.9. The predicted octanol–water partition coefficient (Wildman–Crippen LogP) is 3.59. The van der Waals surface area contributed by atoms with E-state index in [0.29, 0.717) is 5.69 Å². The topological polar surface area (TPSA) is 133 Å². The van der Waals surface area contributed by atoms with E-state index >= 15 is 0 Å². The van der Waals surface area contributed by atoms with Crippen molar-refractivity contribution in [2.45, 2.75) is 6.42 Å². The fourth-order valence-electron chi connectivity index (χ4n) is 3.65. The number of nitrogens with zero attached hydrogens (tertiary/aromatic N) is 2. The number of non-ortho nitro benzene ring substituents is 1. The van der Waals surface area contributed by atoms with E-state index in [0.717, 1.165) is 0 Å². The minimum absolute atomic E-state index is 0.0107. The summed E-state index contributed by atoms with van der Waals surface area (Å²) in [4.78, 5) is 61.0. The van der Waals surface area contributed by atoms with Crippen molar-refractivity contribution in [2.24, 2.45) is 5.92 Å². The van der Waals surface area contributed by atoms with Crippen molar-refractivity contribution in [1.82, 2.24) is 0 Å². The fraction of sp³-hybridized carbons (Fsp3) is 0.154. The molecule has 10 heteroatoms. The molecule has 0 aliphatic carbocycles. The number of ketones is 1. The summed E-state index contributed by atoms with van der Waals surface area (Å²) in [5.41, 5.74) is 0.918. The van der Waals surface area contributed by atoms with Gasteiger partial charge in [-0.1, -0.05) is 18.2 Å². The molecule has 1 aliphatic heterocycles. The highest BCUT2D eigenvalue weighted by Crippen LogP contribution is 2.25. The largest absolute Gasteiger partial charge is 0.457 e. The lowest BCUT2D eigenvalue weighted by Gasteiger charge is -2.16. The van der Waals surface area contributed by atoms with Gasteiger partial charge in [0.15, 0.2) is 12.4 Å². The third-order valence-electron chi connectivity index (χ3n) is 5.57. The molecule has 0 saturated carbocycles. The van der Waals surface area contributed by atoms with Crippen molar-refractivity contribution in [3.8, 4) is 5.75 Å². The molecule has 36 heavy (non-hydrogen) atoms. The Balaban J connectivity index is 1.28. The summed E-state index contributed by atoms with van der Waals surface area (Å²) in [6, 6.07) is 19.6. The molecule has 0 unspecified atom stereocenters. The first-order valence-electron chi connectivity index (χ1n) is 10.9. The number of hydrogen-bond donors (Lipinski definition) is 0. The molecule has 1 amide bonds. The van der Waals surface area contributed by atoms with Crippen LogP contribution in [0.1, 0.15) is 27.1 Å². The number of amides is 1. The first kappa shape index (κ1) is 24.3. The molecule has 0 bridgehead atoms. The van der Waals surface area contributed by atoms with Crippen LogP contribution in [-0.2, 0) is 14.3 Å². The molecule has 0 spiro atoms. The Morgan fingerprint density at radius 3 is 2.19 bits per heavy atom. The third-order valence-corrected chi connectivity index (χ3v) is 5.57. The number of nitro benzene ring substituents is 1. The van der Waals surface area contributed by atoms with Crippen molar-refractivity contribution < 1.29 is 33.6 Å². The van der Waals surface area contributed by atoms with Crippen LogP contribution in [0.3, 0.4) is 0 Å². The van der Waals surface area contributed by atoms with E-state index in [9.17, 15) is 29.3 Å². The molecule has 10 nitrogen and oxygen atoms in total. The van der Waals surface area contributed by atoms with Gasteiger partial charge in [0.05, 0.1) is 16.4 Å². The van der Waals surface area contributed by atoms with Gasteiger partial charge < -0.3 is 14.4 Å². The second-order valence-corrected chi connectivity index (χ2v) is 7.99. The summed E-state index contributed by atoms with van der Waals surface area (Å²) < 4.78 is 10.4. The number of hydrogen-bond acceptors (Lipinski definition) is 8.